The minimum Gasteiger partial charge on any atom is -0.493 e. The summed E-state index contributed by atoms with van der Waals surface area (Å²) in [7, 11) is 2.42. The van der Waals surface area contributed by atoms with Gasteiger partial charge in [-0.2, -0.15) is 0 Å². The maximum Gasteiger partial charge on any atom is 0.242 e. The number of methoxy groups -OCH3 is 2. The zero-order valence-electron chi connectivity index (χ0n) is 16.1. The molecule has 0 spiro atoms. The first-order chi connectivity index (χ1) is 12.7. The molecule has 2 aromatic carbocycles. The van der Waals surface area contributed by atoms with Gasteiger partial charge >= 0.3 is 0 Å². The molecule has 0 aliphatic carbocycles. The molecule has 27 heavy (non-hydrogen) atoms. The van der Waals surface area contributed by atoms with E-state index < -0.39 is 10.0 Å². The van der Waals surface area contributed by atoms with Gasteiger partial charge in [-0.15, -0.1) is 0 Å². The van der Waals surface area contributed by atoms with Crippen molar-refractivity contribution >= 4 is 21.6 Å². The van der Waals surface area contributed by atoms with Gasteiger partial charge in [-0.05, 0) is 42.3 Å². The molecule has 0 fully saturated rings. The monoisotopic (exact) mass is 392 g/mol. The van der Waals surface area contributed by atoms with Crippen LogP contribution in [0.1, 0.15) is 11.1 Å². The molecule has 0 atom stereocenters. The van der Waals surface area contributed by atoms with Crippen molar-refractivity contribution < 1.29 is 22.7 Å². The fourth-order valence-electron chi connectivity index (χ4n) is 2.48. The maximum atomic E-state index is 12.4. The molecule has 0 saturated carbocycles. The van der Waals surface area contributed by atoms with Crippen LogP contribution in [-0.2, 0) is 21.2 Å². The Bertz CT molecular complexity index is 939. The van der Waals surface area contributed by atoms with Gasteiger partial charge < -0.3 is 14.8 Å². The van der Waals surface area contributed by atoms with Crippen LogP contribution < -0.4 is 14.8 Å². The van der Waals surface area contributed by atoms with Gasteiger partial charge in [0, 0.05) is 19.8 Å². The SMILES string of the molecule is COc1ccc(CC(=O)Nc2cc(S(=O)(=O)N(C)C)ccc2C)cc1OC. The van der Waals surface area contributed by atoms with Crippen molar-refractivity contribution in [1.29, 1.82) is 0 Å². The van der Waals surface area contributed by atoms with E-state index in [9.17, 15) is 13.2 Å². The topological polar surface area (TPSA) is 84.9 Å². The van der Waals surface area contributed by atoms with Crippen molar-refractivity contribution in [2.75, 3.05) is 33.6 Å². The smallest absolute Gasteiger partial charge is 0.242 e. The largest absolute Gasteiger partial charge is 0.493 e. The van der Waals surface area contributed by atoms with E-state index in [1.54, 1.807) is 38.3 Å². The average molecular weight is 392 g/mol. The summed E-state index contributed by atoms with van der Waals surface area (Å²) in [6.07, 6.45) is 0.116. The number of amides is 1. The molecule has 0 aromatic heterocycles. The number of hydrogen-bond acceptors (Lipinski definition) is 5. The first-order valence-corrected chi connectivity index (χ1v) is 9.67. The van der Waals surface area contributed by atoms with Crippen LogP contribution in [0.2, 0.25) is 0 Å². The van der Waals surface area contributed by atoms with E-state index >= 15 is 0 Å². The Balaban J connectivity index is 2.21. The third-order valence-electron chi connectivity index (χ3n) is 4.07. The Labute approximate surface area is 160 Å². The fourth-order valence-corrected chi connectivity index (χ4v) is 3.41. The van der Waals surface area contributed by atoms with Gasteiger partial charge in [0.2, 0.25) is 15.9 Å². The van der Waals surface area contributed by atoms with E-state index in [1.165, 1.54) is 33.3 Å². The Kier molecular flexibility index (Phi) is 6.45. The van der Waals surface area contributed by atoms with Crippen LogP contribution in [-0.4, -0.2) is 46.9 Å². The van der Waals surface area contributed by atoms with Crippen molar-refractivity contribution in [3.05, 3.63) is 47.5 Å². The second-order valence-electron chi connectivity index (χ2n) is 6.18. The van der Waals surface area contributed by atoms with E-state index in [-0.39, 0.29) is 17.2 Å². The molecule has 146 valence electrons. The Morgan fingerprint density at radius 3 is 2.30 bits per heavy atom. The van der Waals surface area contributed by atoms with E-state index in [1.807, 2.05) is 0 Å². The predicted octanol–water partition coefficient (Wildman–Crippen LogP) is 2.44. The van der Waals surface area contributed by atoms with Crippen LogP contribution in [0, 0.1) is 6.92 Å². The lowest BCUT2D eigenvalue weighted by Crippen LogP contribution is -2.22. The zero-order chi connectivity index (χ0) is 20.2. The summed E-state index contributed by atoms with van der Waals surface area (Å²) in [5, 5.41) is 2.78. The van der Waals surface area contributed by atoms with Crippen LogP contribution >= 0.6 is 0 Å². The van der Waals surface area contributed by atoms with Crippen LogP contribution in [0.5, 0.6) is 11.5 Å². The van der Waals surface area contributed by atoms with Crippen molar-refractivity contribution in [2.45, 2.75) is 18.2 Å². The summed E-state index contributed by atoms with van der Waals surface area (Å²) in [5.41, 5.74) is 1.98. The molecule has 0 aliphatic rings. The Morgan fingerprint density at radius 2 is 1.70 bits per heavy atom. The minimum atomic E-state index is -3.58. The third-order valence-corrected chi connectivity index (χ3v) is 5.89. The summed E-state index contributed by atoms with van der Waals surface area (Å²) >= 11 is 0. The molecule has 0 aliphatic heterocycles. The second-order valence-corrected chi connectivity index (χ2v) is 8.33. The molecule has 0 unspecified atom stereocenters. The molecule has 2 rings (SSSR count). The number of ether oxygens (including phenoxy) is 2. The van der Waals surface area contributed by atoms with E-state index in [0.29, 0.717) is 17.2 Å². The van der Waals surface area contributed by atoms with Crippen molar-refractivity contribution in [1.82, 2.24) is 4.31 Å². The van der Waals surface area contributed by atoms with E-state index in [2.05, 4.69) is 5.32 Å². The molecule has 0 heterocycles. The lowest BCUT2D eigenvalue weighted by molar-refractivity contribution is -0.115. The van der Waals surface area contributed by atoms with Crippen LogP contribution in [0.4, 0.5) is 5.69 Å². The zero-order valence-corrected chi connectivity index (χ0v) is 16.9. The quantitative estimate of drug-likeness (QED) is 0.782. The maximum absolute atomic E-state index is 12.4. The first-order valence-electron chi connectivity index (χ1n) is 8.23. The van der Waals surface area contributed by atoms with Gasteiger partial charge in [0.15, 0.2) is 11.5 Å². The number of anilines is 1. The number of benzene rings is 2. The average Bonchev–Trinajstić information content (AvgIpc) is 2.63. The van der Waals surface area contributed by atoms with E-state index in [0.717, 1.165) is 15.4 Å². The molecule has 1 amide bonds. The van der Waals surface area contributed by atoms with Crippen molar-refractivity contribution in [3.63, 3.8) is 0 Å². The number of rotatable bonds is 7. The number of aryl methyl sites for hydroxylation is 1. The highest BCUT2D eigenvalue weighted by molar-refractivity contribution is 7.89. The Hall–Kier alpha value is -2.58. The summed E-state index contributed by atoms with van der Waals surface area (Å²) in [6, 6.07) is 9.91. The second kappa shape index (κ2) is 8.41. The lowest BCUT2D eigenvalue weighted by atomic mass is 10.1. The molecular weight excluding hydrogens is 368 g/mol. The number of nitrogens with one attached hydrogen (secondary N) is 1. The summed E-state index contributed by atoms with van der Waals surface area (Å²) < 4.78 is 36.1. The first kappa shape index (κ1) is 20.7. The van der Waals surface area contributed by atoms with Gasteiger partial charge in [0.1, 0.15) is 0 Å². The van der Waals surface area contributed by atoms with Gasteiger partial charge in [-0.25, -0.2) is 12.7 Å². The third kappa shape index (κ3) is 4.78. The molecular formula is C19H24N2O5S. The molecule has 2 aromatic rings. The lowest BCUT2D eigenvalue weighted by Gasteiger charge is -2.15. The van der Waals surface area contributed by atoms with Gasteiger partial charge in [0.25, 0.3) is 0 Å². The highest BCUT2D eigenvalue weighted by Gasteiger charge is 2.19. The van der Waals surface area contributed by atoms with E-state index in [4.69, 9.17) is 9.47 Å². The standard InChI is InChI=1S/C19H24N2O5S/c1-13-6-8-15(27(23,24)21(2)3)12-16(13)20-19(22)11-14-7-9-17(25-4)18(10-14)26-5/h6-10,12H,11H2,1-5H3,(H,20,22). The number of carbonyl (C=O) groups is 1. The number of carbonyl (C=O) groups excluding carboxylic acids is 1. The molecule has 0 radical (unpaired) electrons. The molecule has 1 N–H and O–H groups in total. The molecule has 7 nitrogen and oxygen atoms in total. The fraction of sp³-hybridized carbons (Fsp3) is 0.316. The highest BCUT2D eigenvalue weighted by atomic mass is 32.2. The van der Waals surface area contributed by atoms with Gasteiger partial charge in [-0.1, -0.05) is 12.1 Å². The normalized spacial score (nSPS) is 11.3. The molecule has 0 saturated heterocycles. The summed E-state index contributed by atoms with van der Waals surface area (Å²) in [6.45, 7) is 1.80. The minimum absolute atomic E-state index is 0.116. The Morgan fingerprint density at radius 1 is 1.04 bits per heavy atom. The van der Waals surface area contributed by atoms with Crippen LogP contribution in [0.3, 0.4) is 0 Å². The summed E-state index contributed by atoms with van der Waals surface area (Å²) in [4.78, 5) is 12.6. The number of nitrogens with zero attached hydrogens (tertiary/aromatic N) is 1. The van der Waals surface area contributed by atoms with Gasteiger partial charge in [0.05, 0.1) is 25.5 Å². The number of sulfonamides is 1. The molecule has 0 bridgehead atoms. The van der Waals surface area contributed by atoms with Crippen LogP contribution in [0.25, 0.3) is 0 Å². The number of hydrogen-bond donors (Lipinski definition) is 1. The summed E-state index contributed by atoms with van der Waals surface area (Å²) in [5.74, 6) is 0.863. The van der Waals surface area contributed by atoms with Crippen LogP contribution in [0.15, 0.2) is 41.3 Å². The predicted molar refractivity (Wildman–Crippen MR) is 104 cm³/mol. The molecule has 8 heteroatoms. The van der Waals surface area contributed by atoms with Crippen molar-refractivity contribution in [2.24, 2.45) is 0 Å². The van der Waals surface area contributed by atoms with Gasteiger partial charge in [-0.3, -0.25) is 4.79 Å². The highest BCUT2D eigenvalue weighted by Crippen LogP contribution is 2.28. The van der Waals surface area contributed by atoms with Crippen molar-refractivity contribution in [3.8, 4) is 11.5 Å².